The number of amides is 1. The molecule has 9 heteroatoms. The van der Waals surface area contributed by atoms with Crippen molar-refractivity contribution in [3.05, 3.63) is 73.3 Å². The Bertz CT molecular complexity index is 1410. The molecular formula is C23H21IN6O2. The Morgan fingerprint density at radius 2 is 2.00 bits per heavy atom. The van der Waals surface area contributed by atoms with Crippen LogP contribution in [0.3, 0.4) is 0 Å². The maximum absolute atomic E-state index is 11.4. The van der Waals surface area contributed by atoms with Gasteiger partial charge in [-0.1, -0.05) is 18.2 Å². The molecule has 0 spiro atoms. The van der Waals surface area contributed by atoms with Crippen LogP contribution in [0.25, 0.3) is 27.8 Å². The number of aromatic amines is 1. The second-order valence-electron chi connectivity index (χ2n) is 7.20. The first-order valence-corrected chi connectivity index (χ1v) is 9.79. The Balaban J connectivity index is 0.00000245. The first-order chi connectivity index (χ1) is 15.1. The zero-order chi connectivity index (χ0) is 21.4. The van der Waals surface area contributed by atoms with Crippen molar-refractivity contribution in [2.45, 2.75) is 6.54 Å². The van der Waals surface area contributed by atoms with Gasteiger partial charge in [0.1, 0.15) is 17.3 Å². The topological polar surface area (TPSA) is 101 Å². The minimum absolute atomic E-state index is 0. The van der Waals surface area contributed by atoms with Crippen molar-refractivity contribution in [1.29, 1.82) is 0 Å². The molecule has 5 aromatic rings. The number of halogens is 1. The highest BCUT2D eigenvalue weighted by molar-refractivity contribution is 5.98. The number of rotatable bonds is 6. The maximum atomic E-state index is 11.4. The van der Waals surface area contributed by atoms with Gasteiger partial charge in [-0.15, -0.1) is 0 Å². The third-order valence-corrected chi connectivity index (χ3v) is 5.16. The van der Waals surface area contributed by atoms with Gasteiger partial charge in [0.05, 0.1) is 13.3 Å². The standard InChI is InChI=1S/C23H20N6O2.HI/c1-31-16-8-6-15(7-9-16)26-23-22(18-12-25-19-5-3-2-4-17(18)19)27-21-14-28(13-20(24)30)10-11-29(21)23;/h2-12,14H,13H2,1H3,(H3,24,25,27,30);1H. The van der Waals surface area contributed by atoms with Crippen molar-refractivity contribution >= 4 is 34.0 Å². The van der Waals surface area contributed by atoms with Crippen LogP contribution in [0, 0.1) is 0 Å². The van der Waals surface area contributed by atoms with Crippen LogP contribution in [0.2, 0.25) is 0 Å². The Hall–Kier alpha value is -3.60. The van der Waals surface area contributed by atoms with Gasteiger partial charge in [-0.2, -0.15) is 4.57 Å². The molecule has 0 saturated carbocycles. The summed E-state index contributed by atoms with van der Waals surface area (Å²) in [6.45, 7) is 0.0903. The van der Waals surface area contributed by atoms with Gasteiger partial charge in [-0.3, -0.25) is 9.20 Å². The van der Waals surface area contributed by atoms with E-state index in [4.69, 9.17) is 15.5 Å². The Morgan fingerprint density at radius 3 is 2.75 bits per heavy atom. The second kappa shape index (κ2) is 8.87. The first-order valence-electron chi connectivity index (χ1n) is 9.79. The fourth-order valence-electron chi connectivity index (χ4n) is 3.70. The molecule has 0 fully saturated rings. The van der Waals surface area contributed by atoms with Crippen LogP contribution in [0.15, 0.2) is 73.3 Å². The predicted octanol–water partition coefficient (Wildman–Crippen LogP) is 0.0116. The van der Waals surface area contributed by atoms with Crippen molar-refractivity contribution in [2.24, 2.45) is 5.73 Å². The van der Waals surface area contributed by atoms with Gasteiger partial charge in [0.15, 0.2) is 6.20 Å². The Labute approximate surface area is 201 Å². The van der Waals surface area contributed by atoms with Crippen LogP contribution in [0.5, 0.6) is 5.75 Å². The lowest BCUT2D eigenvalue weighted by molar-refractivity contribution is -0.683. The zero-order valence-electron chi connectivity index (χ0n) is 17.2. The average molecular weight is 540 g/mol. The van der Waals surface area contributed by atoms with E-state index in [9.17, 15) is 4.79 Å². The number of carbonyl (C=O) groups is 1. The Morgan fingerprint density at radius 1 is 1.22 bits per heavy atom. The van der Waals surface area contributed by atoms with Crippen LogP contribution in [-0.2, 0) is 11.3 Å². The number of methoxy groups -OCH3 is 1. The lowest BCUT2D eigenvalue weighted by Gasteiger charge is -2.09. The van der Waals surface area contributed by atoms with Crippen LogP contribution in [0.1, 0.15) is 0 Å². The summed E-state index contributed by atoms with van der Waals surface area (Å²) < 4.78 is 8.94. The van der Waals surface area contributed by atoms with E-state index < -0.39 is 5.91 Å². The monoisotopic (exact) mass is 540 g/mol. The summed E-state index contributed by atoms with van der Waals surface area (Å²) in [5, 5.41) is 4.57. The number of benzene rings is 2. The van der Waals surface area contributed by atoms with E-state index >= 15 is 0 Å². The number of para-hydroxylation sites is 1. The minimum atomic E-state index is -0.408. The summed E-state index contributed by atoms with van der Waals surface area (Å²) in [6, 6.07) is 15.8. The number of H-pyrrole nitrogens is 1. The minimum Gasteiger partial charge on any atom is -1.00 e. The number of aromatic nitrogens is 4. The smallest absolute Gasteiger partial charge is 0.283 e. The van der Waals surface area contributed by atoms with Gasteiger partial charge in [0.2, 0.25) is 18.4 Å². The van der Waals surface area contributed by atoms with E-state index in [1.807, 2.05) is 65.5 Å². The summed E-state index contributed by atoms with van der Waals surface area (Å²) in [5.74, 6) is 1.19. The molecule has 162 valence electrons. The molecule has 3 aromatic heterocycles. The van der Waals surface area contributed by atoms with Gasteiger partial charge in [0, 0.05) is 28.4 Å². The highest BCUT2D eigenvalue weighted by atomic mass is 127. The fourth-order valence-corrected chi connectivity index (χ4v) is 3.70. The number of hydrogen-bond acceptors (Lipinski definition) is 4. The first kappa shape index (κ1) is 21.6. The maximum Gasteiger partial charge on any atom is 0.283 e. The number of carbonyl (C=O) groups excluding carboxylic acids is 1. The molecule has 0 aliphatic heterocycles. The van der Waals surface area contributed by atoms with E-state index in [1.165, 1.54) is 0 Å². The van der Waals surface area contributed by atoms with E-state index in [0.29, 0.717) is 5.65 Å². The summed E-state index contributed by atoms with van der Waals surface area (Å²) in [4.78, 5) is 19.6. The highest BCUT2D eigenvalue weighted by Crippen LogP contribution is 2.35. The average Bonchev–Trinajstić information content (AvgIpc) is 3.35. The molecule has 8 nitrogen and oxygen atoms in total. The van der Waals surface area contributed by atoms with Crippen molar-refractivity contribution in [1.82, 2.24) is 14.4 Å². The van der Waals surface area contributed by atoms with E-state index in [-0.39, 0.29) is 30.5 Å². The number of nitrogens with zero attached hydrogens (tertiary/aromatic N) is 3. The second-order valence-corrected chi connectivity index (χ2v) is 7.20. The molecule has 1 amide bonds. The SMILES string of the molecule is COc1ccc(Nc2c(-c3c[nH]c4ccccc34)nc3c[n+](CC(N)=O)ccn23)cc1.[I-]. The lowest BCUT2D eigenvalue weighted by atomic mass is 10.1. The molecule has 0 radical (unpaired) electrons. The van der Waals surface area contributed by atoms with E-state index in [2.05, 4.69) is 16.4 Å². The molecule has 0 saturated heterocycles. The van der Waals surface area contributed by atoms with Gasteiger partial charge >= 0.3 is 0 Å². The van der Waals surface area contributed by atoms with Crippen LogP contribution in [0.4, 0.5) is 11.5 Å². The van der Waals surface area contributed by atoms with Gasteiger partial charge in [-0.25, -0.2) is 4.98 Å². The fraction of sp³-hybridized carbons (Fsp3) is 0.0870. The van der Waals surface area contributed by atoms with Crippen molar-refractivity contribution in [3.8, 4) is 17.0 Å². The zero-order valence-corrected chi connectivity index (χ0v) is 19.4. The number of nitrogens with one attached hydrogen (secondary N) is 2. The third-order valence-electron chi connectivity index (χ3n) is 5.16. The Kier molecular flexibility index (Phi) is 5.99. The molecule has 5 rings (SSSR count). The summed E-state index contributed by atoms with van der Waals surface area (Å²) >= 11 is 0. The summed E-state index contributed by atoms with van der Waals surface area (Å²) in [6.07, 6.45) is 7.44. The van der Waals surface area contributed by atoms with Crippen molar-refractivity contribution in [2.75, 3.05) is 12.4 Å². The predicted molar refractivity (Wildman–Crippen MR) is 118 cm³/mol. The number of anilines is 2. The molecule has 0 atom stereocenters. The lowest BCUT2D eigenvalue weighted by Crippen LogP contribution is -3.00. The molecule has 4 N–H and O–H groups in total. The third kappa shape index (κ3) is 3.98. The van der Waals surface area contributed by atoms with Crippen molar-refractivity contribution < 1.29 is 38.1 Å². The number of imidazole rings is 1. The highest BCUT2D eigenvalue weighted by Gasteiger charge is 2.20. The van der Waals surface area contributed by atoms with Gasteiger partial charge in [-0.05, 0) is 30.3 Å². The molecule has 32 heavy (non-hydrogen) atoms. The largest absolute Gasteiger partial charge is 1.00 e. The molecule has 0 aliphatic rings. The summed E-state index contributed by atoms with van der Waals surface area (Å²) in [7, 11) is 1.64. The number of nitrogens with two attached hydrogens (primary N) is 1. The molecule has 3 heterocycles. The number of fused-ring (bicyclic) bond motifs is 2. The normalized spacial score (nSPS) is 10.8. The van der Waals surface area contributed by atoms with Crippen molar-refractivity contribution in [3.63, 3.8) is 0 Å². The van der Waals surface area contributed by atoms with Gasteiger partial charge < -0.3 is 44.7 Å². The van der Waals surface area contributed by atoms with Crippen LogP contribution in [-0.4, -0.2) is 27.4 Å². The quantitative estimate of drug-likeness (QED) is 0.209. The molecule has 0 unspecified atom stereocenters. The van der Waals surface area contributed by atoms with E-state index in [1.54, 1.807) is 17.9 Å². The molecule has 0 aliphatic carbocycles. The molecule has 2 aromatic carbocycles. The number of hydrogen-bond donors (Lipinski definition) is 3. The molecule has 0 bridgehead atoms. The number of ether oxygens (including phenoxy) is 1. The van der Waals surface area contributed by atoms with E-state index in [0.717, 1.165) is 39.4 Å². The van der Waals surface area contributed by atoms with Crippen LogP contribution < -0.4 is 44.3 Å². The number of primary amides is 1. The molecular weight excluding hydrogens is 519 g/mol. The van der Waals surface area contributed by atoms with Crippen LogP contribution >= 0.6 is 0 Å². The van der Waals surface area contributed by atoms with Gasteiger partial charge in [0.25, 0.3) is 5.91 Å². The summed E-state index contributed by atoms with van der Waals surface area (Å²) in [5.41, 5.74) is 9.77.